The number of fused-ring (bicyclic) bond motifs is 2. The van der Waals surface area contributed by atoms with Crippen molar-refractivity contribution in [1.29, 1.82) is 0 Å². The zero-order valence-electron chi connectivity index (χ0n) is 107. The molecule has 12 nitrogen and oxygen atoms in total. The van der Waals surface area contributed by atoms with Crippen molar-refractivity contribution >= 4 is 57.1 Å². The smallest absolute Gasteiger partial charge is 0.383 e. The highest BCUT2D eigenvalue weighted by Gasteiger charge is 2.35. The van der Waals surface area contributed by atoms with Crippen molar-refractivity contribution in [2.45, 2.75) is 111 Å². The fraction of sp³-hybridized carbons (Fsp3) is 0.317. The van der Waals surface area contributed by atoms with Gasteiger partial charge in [0.2, 0.25) is 11.8 Å². The maximum absolute atomic E-state index is 16.2. The number of rotatable bonds is 24. The lowest BCUT2D eigenvalue weighted by molar-refractivity contribution is -0.138. The number of nitrogens with zero attached hydrogens (tertiary/aromatic N) is 6. The Balaban J connectivity index is 0.000000307. The van der Waals surface area contributed by atoms with Crippen molar-refractivity contribution in [1.82, 2.24) is 28.7 Å². The van der Waals surface area contributed by atoms with Crippen molar-refractivity contribution in [2.75, 3.05) is 66.3 Å². The molecule has 24 heteroatoms. The molecule has 12 rings (SSSR count). The van der Waals surface area contributed by atoms with E-state index in [0.29, 0.717) is 26.0 Å². The molecule has 556 valence electrons. The summed E-state index contributed by atoms with van der Waals surface area (Å²) < 4.78 is 627. The van der Waals surface area contributed by atoms with Crippen LogP contribution < -0.4 is 10.9 Å². The number of thioether (sulfide) groups is 2. The Bertz CT molecular complexity index is 7570. The lowest BCUT2D eigenvalue weighted by Crippen LogP contribution is -2.49. The van der Waals surface area contributed by atoms with Gasteiger partial charge in [-0.3, -0.25) is 19.2 Å². The number of halogens is 10. The van der Waals surface area contributed by atoms with Crippen molar-refractivity contribution in [2.24, 2.45) is 0 Å². The Morgan fingerprint density at radius 1 is 0.594 bits per heavy atom. The number of amides is 2. The van der Waals surface area contributed by atoms with Crippen molar-refractivity contribution in [3.8, 4) is 22.3 Å². The van der Waals surface area contributed by atoms with Crippen LogP contribution in [0.4, 0.5) is 43.9 Å². The van der Waals surface area contributed by atoms with Crippen LogP contribution in [0.3, 0.4) is 0 Å². The van der Waals surface area contributed by atoms with Crippen molar-refractivity contribution in [3.05, 3.63) is 270 Å². The van der Waals surface area contributed by atoms with E-state index in [1.165, 1.54) is 12.1 Å². The van der Waals surface area contributed by atoms with Gasteiger partial charge in [0.1, 0.15) is 13.0 Å². The summed E-state index contributed by atoms with van der Waals surface area (Å²) in [5.41, 5.74) is -25.2. The van der Waals surface area contributed by atoms with E-state index in [-0.39, 0.29) is 27.5 Å². The Hall–Kier alpha value is -9.04. The second-order valence-corrected chi connectivity index (χ2v) is 22.6. The minimum atomic E-state index is -5.63. The number of para-hydroxylation sites is 2. The Labute approximate surface area is 692 Å². The van der Waals surface area contributed by atoms with Crippen LogP contribution in [0.1, 0.15) is 151 Å². The molecule has 0 N–H and O–H groups in total. The summed E-state index contributed by atoms with van der Waals surface area (Å²) in [6, 6.07) is -23.6. The molecule has 0 aliphatic carbocycles. The fourth-order valence-electron chi connectivity index (χ4n) is 9.16. The first-order chi connectivity index (χ1) is 71.8. The molecule has 4 heterocycles. The Morgan fingerprint density at radius 2 is 1.18 bits per heavy atom. The lowest BCUT2D eigenvalue weighted by Gasteiger charge is -2.42. The van der Waals surface area contributed by atoms with E-state index in [2.05, 4.69) is 9.47 Å². The third-order valence-corrected chi connectivity index (χ3v) is 15.8. The summed E-state index contributed by atoms with van der Waals surface area (Å²) in [6.07, 6.45) is -30.0. The normalized spacial score (nSPS) is 27.8. The van der Waals surface area contributed by atoms with Crippen LogP contribution in [0, 0.1) is 30.2 Å². The molecular weight excluding hydrogens is 1420 g/mol. The Morgan fingerprint density at radius 3 is 1.84 bits per heavy atom. The van der Waals surface area contributed by atoms with Crippen LogP contribution in [-0.4, -0.2) is 119 Å². The summed E-state index contributed by atoms with van der Waals surface area (Å²) >= 11 is -1.12. The maximum atomic E-state index is 16.2. The number of carbonyl (C=O) groups is 2. The number of methoxy groups -OCH3 is 2. The van der Waals surface area contributed by atoms with Gasteiger partial charge in [-0.2, -0.15) is 26.3 Å². The molecule has 8 aromatic carbocycles. The van der Waals surface area contributed by atoms with E-state index in [1.54, 1.807) is 0 Å². The topological polar surface area (TPSA) is 110 Å². The molecule has 0 spiro atoms. The van der Waals surface area contributed by atoms with Gasteiger partial charge in [0.05, 0.1) is 92.6 Å². The van der Waals surface area contributed by atoms with Gasteiger partial charge in [0.25, 0.3) is 0 Å². The molecular formula is C82H80F10N6O6S2. The minimum Gasteiger partial charge on any atom is -0.383 e. The number of ether oxygens (including phenoxy) is 2. The van der Waals surface area contributed by atoms with Crippen molar-refractivity contribution in [3.63, 3.8) is 0 Å². The van der Waals surface area contributed by atoms with E-state index < -0.39 is 408 Å². The van der Waals surface area contributed by atoms with E-state index >= 15 is 22.8 Å². The summed E-state index contributed by atoms with van der Waals surface area (Å²) in [4.78, 5) is 56.1. The van der Waals surface area contributed by atoms with E-state index in [9.17, 15) is 63.6 Å². The molecule has 2 saturated heterocycles. The fourth-order valence-corrected chi connectivity index (χ4v) is 10.6. The molecule has 106 heavy (non-hydrogen) atoms. The highest BCUT2D eigenvalue weighted by Crippen LogP contribution is 2.37. The summed E-state index contributed by atoms with van der Waals surface area (Å²) in [5.74, 6) is -13.7. The number of hydrogen-bond donors (Lipinski definition) is 0. The highest BCUT2D eigenvalue weighted by atomic mass is 32.2. The SMILES string of the molecule is [2H]C([2H])([2H])OCC([2H])([2H])N1C([2H])([2H])C([2H])([2H])C([2H])(N(C(=O)C([2H])([2H])n2c(SC([2H])([2H])c3cccc(F)c3F)cc(=O)c3ccccc32)C([2H])(C)c2ccc(-c3ccc(C(F)(F)F)cc3)cc2)C([2H])([2H])C1([2H])[2H].[2H]c1c([2H])c(F)c(F)c(C([2H])([2H])Sc2c([2H])c(=O)c3c([2H])c([2H])c([2H])c([2H])c3n2C([2H])([2H])C(=O)N(C([2H])([2H])c2c([2H])c([2H])c(-c3c([2H])c([2H])c(C(F)(F)F)c([2H])c3[2H])c([2H])c2C)C2([2H])C([2H])([2H])C([2H])([2H])N(C([2H])([2H])COC([2H])([2H])[2H])C([2H])([2H])C2([2H])[2H])c1[2H]. The first-order valence-corrected chi connectivity index (χ1v) is 31.2. The predicted molar refractivity (Wildman–Crippen MR) is 395 cm³/mol. The minimum absolute atomic E-state index is 0.121. The number of alkyl halides is 6. The number of hydrogen-bond acceptors (Lipinski definition) is 10. The number of likely N-dealkylation sites (tertiary alicyclic amines) is 2. The Kier molecular flexibility index (Phi) is 11.4. The number of piperidine rings is 2. The second kappa shape index (κ2) is 35.1. The molecule has 0 radical (unpaired) electrons. The summed E-state index contributed by atoms with van der Waals surface area (Å²) in [5, 5.41) is -4.85. The van der Waals surface area contributed by atoms with E-state index in [1.807, 2.05) is 0 Å². The number of carbonyl (C=O) groups excluding carboxylic acids is 2. The number of aromatic nitrogens is 2. The van der Waals surface area contributed by atoms with E-state index in [4.69, 9.17) is 50.7 Å². The molecule has 2 aliphatic rings. The molecule has 1 unspecified atom stereocenters. The molecule has 2 fully saturated rings. The molecule has 0 bridgehead atoms. The third-order valence-electron chi connectivity index (χ3n) is 14.2. The first-order valence-electron chi connectivity index (χ1n) is 56.5. The van der Waals surface area contributed by atoms with Gasteiger partial charge < -0.3 is 38.2 Å². The van der Waals surface area contributed by atoms with Crippen LogP contribution in [0.15, 0.2) is 207 Å². The second-order valence-electron chi connectivity index (χ2n) is 21.0. The van der Waals surface area contributed by atoms with Crippen LogP contribution >= 0.6 is 23.5 Å². The maximum Gasteiger partial charge on any atom is 0.416 e. The molecule has 2 aliphatic heterocycles. The average Bonchev–Trinajstić information content (AvgIpc) is 0.653. The molecule has 2 aromatic heterocycles. The van der Waals surface area contributed by atoms with Crippen LogP contribution in [0.5, 0.6) is 0 Å². The van der Waals surface area contributed by atoms with Gasteiger partial charge in [-0.15, -0.1) is 23.5 Å². The summed E-state index contributed by atoms with van der Waals surface area (Å²) in [6.45, 7) is -43.8. The largest absolute Gasteiger partial charge is 0.416 e. The van der Waals surface area contributed by atoms with Crippen LogP contribution in [0.2, 0.25) is 0 Å². The summed E-state index contributed by atoms with van der Waals surface area (Å²) in [7, 11) is -7.11. The van der Waals surface area contributed by atoms with Crippen LogP contribution in [0.25, 0.3) is 44.1 Å². The quantitative estimate of drug-likeness (QED) is 0.0428. The van der Waals surface area contributed by atoms with Gasteiger partial charge in [-0.05, 0) is 139 Å². The average molecular weight is 1550 g/mol. The first kappa shape index (κ1) is 34.5. The van der Waals surface area contributed by atoms with Gasteiger partial charge in [0, 0.05) is 150 Å². The molecule has 0 saturated carbocycles. The zero-order valence-corrected chi connectivity index (χ0v) is 55.0. The van der Waals surface area contributed by atoms with E-state index in [0.717, 1.165) is 72.8 Å². The molecule has 10 aromatic rings. The predicted octanol–water partition coefficient (Wildman–Crippen LogP) is 17.7. The molecule has 1 atom stereocenters. The lowest BCUT2D eigenvalue weighted by atomic mass is 9.96. The monoisotopic (exact) mass is 1550 g/mol. The van der Waals surface area contributed by atoms with Gasteiger partial charge in [0.15, 0.2) is 34.1 Å². The van der Waals surface area contributed by atoms with Crippen molar-refractivity contribution < 1.29 is 137 Å². The highest BCUT2D eigenvalue weighted by molar-refractivity contribution is 7.98. The van der Waals surface area contributed by atoms with Gasteiger partial charge in [-0.1, -0.05) is 115 Å². The third kappa shape index (κ3) is 19.0. The molecule has 2 amide bonds. The zero-order chi connectivity index (χ0) is 123. The standard InChI is InChI=1S/2C41H40F5N3O3S/c1-27(28-10-12-29(13-11-28)30-14-16-32(17-15-30)41(44,45)46)49(33-18-20-47(21-19-33)22-23-52-2)38(51)25-48-36-9-4-3-7-34(36)37(50)24-39(48)53-26-31-6-5-8-35(42)40(31)43;1-27-22-29(28-12-14-32(15-13-28)41(44,45)46)10-11-30(27)24-48(33-16-18-47(19-17-33)20-21-52-2)38(51)25-49-36-9-4-3-7-34(36)37(50)23-39(49)53-26-31-6-5-8-35(42)40(31)43/h3-17,24,27,33H,18-23,25-26H2,1-2H3;3-15,22-23,33H,16-21,24-26H2,1-2H3/i2D3,18D2,19D2,20D2,21D2,22D2,25D2,26D2,27D,33D;2D3,3D,4D,5D,6D,7D,8D,9D,10D,11D,12D,13D,14D,15D,16D2,17D2,18D2,19D2,20D2,22D,23D,24D2,25D2,26D2,33D. The number of benzene rings is 8. The van der Waals surface area contributed by atoms with Gasteiger partial charge >= 0.3 is 12.4 Å². The number of pyridine rings is 2. The van der Waals surface area contributed by atoms with Crippen LogP contribution in [-0.2, 0) is 62.3 Å². The van der Waals surface area contributed by atoms with Gasteiger partial charge in [-0.25, -0.2) is 17.6 Å².